The minimum Gasteiger partial charge on any atom is -0.496 e. The maximum atomic E-state index is 9.70. The third-order valence-electron chi connectivity index (χ3n) is 4.18. The normalized spacial score (nSPS) is 11.2. The lowest BCUT2D eigenvalue weighted by atomic mass is 9.92. The predicted octanol–water partition coefficient (Wildman–Crippen LogP) is 3.58. The third kappa shape index (κ3) is 3.94. The number of hydrogen-bond acceptors (Lipinski definition) is 6. The van der Waals surface area contributed by atoms with Crippen molar-refractivity contribution in [2.75, 3.05) is 35.5 Å². The van der Waals surface area contributed by atoms with Crippen LogP contribution in [0.15, 0.2) is 30.3 Å². The van der Waals surface area contributed by atoms with E-state index in [0.29, 0.717) is 35.2 Å². The molecule has 0 radical (unpaired) electrons. The minimum atomic E-state index is -0.387. The predicted molar refractivity (Wildman–Crippen MR) is 97.7 cm³/mol. The van der Waals surface area contributed by atoms with Crippen molar-refractivity contribution in [3.8, 4) is 34.8 Å². The van der Waals surface area contributed by atoms with E-state index < -0.39 is 0 Å². The number of hydrogen-bond donors (Lipinski definition) is 0. The van der Waals surface area contributed by atoms with E-state index in [-0.39, 0.29) is 5.92 Å². The molecule has 0 fully saturated rings. The zero-order valence-electron chi connectivity index (χ0n) is 15.7. The fourth-order valence-electron chi connectivity index (χ4n) is 2.78. The summed E-state index contributed by atoms with van der Waals surface area (Å²) in [5.74, 6) is 2.63. The molecule has 1 atom stereocenters. The van der Waals surface area contributed by atoms with Crippen molar-refractivity contribution < 1.29 is 23.7 Å². The van der Waals surface area contributed by atoms with Gasteiger partial charge in [0, 0.05) is 6.07 Å². The zero-order chi connectivity index (χ0) is 19.1. The zero-order valence-corrected chi connectivity index (χ0v) is 15.7. The topological polar surface area (TPSA) is 69.9 Å². The van der Waals surface area contributed by atoms with Crippen molar-refractivity contribution in [1.29, 1.82) is 5.26 Å². The van der Waals surface area contributed by atoms with Gasteiger partial charge in [-0.15, -0.1) is 0 Å². The van der Waals surface area contributed by atoms with Gasteiger partial charge in [-0.3, -0.25) is 0 Å². The lowest BCUT2D eigenvalue weighted by Crippen LogP contribution is -2.04. The highest BCUT2D eigenvalue weighted by atomic mass is 16.5. The van der Waals surface area contributed by atoms with Gasteiger partial charge in [0.15, 0.2) is 23.0 Å². The second-order valence-electron chi connectivity index (χ2n) is 5.52. The smallest absolute Gasteiger partial charge is 0.164 e. The number of nitrogens with zero attached hydrogens (tertiary/aromatic N) is 1. The largest absolute Gasteiger partial charge is 0.496 e. The molecule has 0 spiro atoms. The van der Waals surface area contributed by atoms with Crippen LogP contribution in [0.1, 0.15) is 17.0 Å². The van der Waals surface area contributed by atoms with Crippen LogP contribution in [0.3, 0.4) is 0 Å². The average molecular weight is 357 g/mol. The van der Waals surface area contributed by atoms with Crippen molar-refractivity contribution in [3.63, 3.8) is 0 Å². The molecular formula is C20H23NO5. The van der Waals surface area contributed by atoms with Crippen LogP contribution >= 0.6 is 0 Å². The molecule has 0 saturated heterocycles. The Hall–Kier alpha value is -3.07. The van der Waals surface area contributed by atoms with Crippen molar-refractivity contribution in [2.24, 2.45) is 0 Å². The molecular weight excluding hydrogens is 334 g/mol. The van der Waals surface area contributed by atoms with Crippen LogP contribution in [0.25, 0.3) is 0 Å². The van der Waals surface area contributed by atoms with Gasteiger partial charge in [-0.2, -0.15) is 5.26 Å². The standard InChI is InChI=1S/C20H23NO5/c1-22-16-7-6-13(9-18(16)24-3)15(12-21)8-14-10-19(25-4)20(26-5)11-17(14)23-2/h6-7,9-11,15H,8H2,1-5H3. The fourth-order valence-corrected chi connectivity index (χ4v) is 2.78. The molecule has 1 unspecified atom stereocenters. The second kappa shape index (κ2) is 8.86. The summed E-state index contributed by atoms with van der Waals surface area (Å²) in [6.45, 7) is 0. The number of nitriles is 1. The molecule has 6 heteroatoms. The molecule has 0 heterocycles. The van der Waals surface area contributed by atoms with E-state index >= 15 is 0 Å². The molecule has 6 nitrogen and oxygen atoms in total. The molecule has 0 aliphatic carbocycles. The molecule has 2 aromatic carbocycles. The highest BCUT2D eigenvalue weighted by Crippen LogP contribution is 2.38. The summed E-state index contributed by atoms with van der Waals surface area (Å²) in [6.07, 6.45) is 0.454. The van der Waals surface area contributed by atoms with Crippen LogP contribution in [0.4, 0.5) is 0 Å². The van der Waals surface area contributed by atoms with Crippen LogP contribution in [-0.4, -0.2) is 35.5 Å². The van der Waals surface area contributed by atoms with Crippen LogP contribution < -0.4 is 23.7 Å². The maximum absolute atomic E-state index is 9.70. The van der Waals surface area contributed by atoms with Gasteiger partial charge in [-0.1, -0.05) is 6.07 Å². The van der Waals surface area contributed by atoms with Crippen LogP contribution in [0, 0.1) is 11.3 Å². The fraction of sp³-hybridized carbons (Fsp3) is 0.350. The summed E-state index contributed by atoms with van der Waals surface area (Å²) in [6, 6.07) is 11.4. The maximum Gasteiger partial charge on any atom is 0.164 e. The van der Waals surface area contributed by atoms with Gasteiger partial charge in [0.2, 0.25) is 0 Å². The Kier molecular flexibility index (Phi) is 6.56. The first-order chi connectivity index (χ1) is 12.6. The van der Waals surface area contributed by atoms with Gasteiger partial charge in [-0.25, -0.2) is 0 Å². The van der Waals surface area contributed by atoms with Crippen molar-refractivity contribution in [1.82, 2.24) is 0 Å². The molecule has 0 N–H and O–H groups in total. The quantitative estimate of drug-likeness (QED) is 0.719. The van der Waals surface area contributed by atoms with Crippen LogP contribution in [0.5, 0.6) is 28.7 Å². The lowest BCUT2D eigenvalue weighted by Gasteiger charge is -2.17. The van der Waals surface area contributed by atoms with E-state index in [9.17, 15) is 5.26 Å². The molecule has 0 aromatic heterocycles. The van der Waals surface area contributed by atoms with Gasteiger partial charge >= 0.3 is 0 Å². The summed E-state index contributed by atoms with van der Waals surface area (Å²) in [4.78, 5) is 0. The molecule has 0 bridgehead atoms. The first kappa shape index (κ1) is 19.3. The Labute approximate surface area is 153 Å². The van der Waals surface area contributed by atoms with Gasteiger partial charge in [-0.05, 0) is 35.7 Å². The van der Waals surface area contributed by atoms with Gasteiger partial charge in [0.1, 0.15) is 5.75 Å². The number of ether oxygens (including phenoxy) is 5. The van der Waals surface area contributed by atoms with Gasteiger partial charge < -0.3 is 23.7 Å². The Balaban J connectivity index is 2.40. The minimum absolute atomic E-state index is 0.387. The second-order valence-corrected chi connectivity index (χ2v) is 5.52. The number of rotatable bonds is 8. The van der Waals surface area contributed by atoms with E-state index in [1.54, 1.807) is 47.7 Å². The van der Waals surface area contributed by atoms with E-state index in [0.717, 1.165) is 11.1 Å². The van der Waals surface area contributed by atoms with E-state index in [4.69, 9.17) is 23.7 Å². The first-order valence-corrected chi connectivity index (χ1v) is 8.02. The lowest BCUT2D eigenvalue weighted by molar-refractivity contribution is 0.347. The molecule has 0 saturated carbocycles. The van der Waals surface area contributed by atoms with Crippen molar-refractivity contribution in [2.45, 2.75) is 12.3 Å². The van der Waals surface area contributed by atoms with E-state index in [1.165, 1.54) is 0 Å². The summed E-state index contributed by atoms with van der Waals surface area (Å²) >= 11 is 0. The average Bonchev–Trinajstić information content (AvgIpc) is 2.70. The molecule has 0 aliphatic rings. The Bertz CT molecular complexity index is 798. The monoisotopic (exact) mass is 357 g/mol. The molecule has 26 heavy (non-hydrogen) atoms. The molecule has 2 rings (SSSR count). The summed E-state index contributed by atoms with van der Waals surface area (Å²) in [7, 11) is 7.87. The Morgan fingerprint density at radius 3 is 1.81 bits per heavy atom. The van der Waals surface area contributed by atoms with Gasteiger partial charge in [0.25, 0.3) is 0 Å². The number of methoxy groups -OCH3 is 5. The van der Waals surface area contributed by atoms with Crippen LogP contribution in [0.2, 0.25) is 0 Å². The molecule has 138 valence electrons. The summed E-state index contributed by atoms with van der Waals surface area (Å²) in [5, 5.41) is 9.70. The number of benzene rings is 2. The SMILES string of the molecule is COc1cc(OC)c(OC)cc1CC(C#N)c1ccc(OC)c(OC)c1. The molecule has 0 amide bonds. The third-order valence-corrected chi connectivity index (χ3v) is 4.18. The first-order valence-electron chi connectivity index (χ1n) is 8.02. The highest BCUT2D eigenvalue weighted by molar-refractivity contribution is 5.52. The summed E-state index contributed by atoms with van der Waals surface area (Å²) in [5.41, 5.74) is 1.69. The highest BCUT2D eigenvalue weighted by Gasteiger charge is 2.19. The van der Waals surface area contributed by atoms with Crippen molar-refractivity contribution in [3.05, 3.63) is 41.5 Å². The van der Waals surface area contributed by atoms with Crippen LogP contribution in [-0.2, 0) is 6.42 Å². The van der Waals surface area contributed by atoms with E-state index in [2.05, 4.69) is 6.07 Å². The molecule has 2 aromatic rings. The Morgan fingerprint density at radius 2 is 1.27 bits per heavy atom. The van der Waals surface area contributed by atoms with E-state index in [1.807, 2.05) is 18.2 Å². The summed E-state index contributed by atoms with van der Waals surface area (Å²) < 4.78 is 26.7. The van der Waals surface area contributed by atoms with Crippen molar-refractivity contribution >= 4 is 0 Å². The Morgan fingerprint density at radius 1 is 0.731 bits per heavy atom. The van der Waals surface area contributed by atoms with Gasteiger partial charge in [0.05, 0.1) is 47.5 Å². The molecule has 0 aliphatic heterocycles.